The molecular weight excluding hydrogens is 276 g/mol. The first-order chi connectivity index (χ1) is 9.47. The Morgan fingerprint density at radius 2 is 2.10 bits per heavy atom. The summed E-state index contributed by atoms with van der Waals surface area (Å²) in [6.07, 6.45) is 2.29. The van der Waals surface area contributed by atoms with Crippen molar-refractivity contribution in [3.05, 3.63) is 30.9 Å². The molecule has 5 nitrogen and oxygen atoms in total. The first-order valence-corrected chi connectivity index (χ1v) is 8.04. The fraction of sp³-hybridized carbons (Fsp3) is 0.429. The van der Waals surface area contributed by atoms with Crippen molar-refractivity contribution in [2.24, 2.45) is 0 Å². The molecule has 0 aliphatic rings. The van der Waals surface area contributed by atoms with Crippen LogP contribution in [0.1, 0.15) is 20.3 Å². The molecule has 0 bridgehead atoms. The number of ether oxygens (including phenoxy) is 1. The summed E-state index contributed by atoms with van der Waals surface area (Å²) in [4.78, 5) is 0.106. The van der Waals surface area contributed by atoms with E-state index >= 15 is 0 Å². The van der Waals surface area contributed by atoms with Crippen LogP contribution in [0.15, 0.2) is 35.7 Å². The van der Waals surface area contributed by atoms with Gasteiger partial charge >= 0.3 is 0 Å². The van der Waals surface area contributed by atoms with Gasteiger partial charge in [-0.2, -0.15) is 4.31 Å². The van der Waals surface area contributed by atoms with Crippen LogP contribution in [0.2, 0.25) is 0 Å². The Morgan fingerprint density at radius 3 is 2.65 bits per heavy atom. The molecule has 0 atom stereocenters. The third kappa shape index (κ3) is 3.74. The molecule has 2 N–H and O–H groups in total. The Labute approximate surface area is 121 Å². The van der Waals surface area contributed by atoms with Crippen LogP contribution in [-0.2, 0) is 10.0 Å². The summed E-state index contributed by atoms with van der Waals surface area (Å²) in [5.74, 6) is 0.326. The highest BCUT2D eigenvalue weighted by atomic mass is 32.2. The lowest BCUT2D eigenvalue weighted by molar-refractivity contribution is 0.329. The monoisotopic (exact) mass is 298 g/mol. The van der Waals surface area contributed by atoms with E-state index in [-0.39, 0.29) is 11.4 Å². The SMILES string of the molecule is C=CCN(CCC)S(=O)(=O)c1cc(N)ccc1OCC. The molecule has 0 fully saturated rings. The lowest BCUT2D eigenvalue weighted by Crippen LogP contribution is -2.32. The highest BCUT2D eigenvalue weighted by molar-refractivity contribution is 7.89. The Kier molecular flexibility index (Phi) is 6.04. The minimum absolute atomic E-state index is 0.106. The number of nitrogen functional groups attached to an aromatic ring is 1. The van der Waals surface area contributed by atoms with E-state index in [1.165, 1.54) is 10.4 Å². The van der Waals surface area contributed by atoms with Crippen LogP contribution in [0, 0.1) is 0 Å². The zero-order chi connectivity index (χ0) is 15.2. The van der Waals surface area contributed by atoms with Crippen molar-refractivity contribution in [3.63, 3.8) is 0 Å². The van der Waals surface area contributed by atoms with E-state index in [1.807, 2.05) is 6.92 Å². The molecular formula is C14H22N2O3S. The lowest BCUT2D eigenvalue weighted by Gasteiger charge is -2.21. The topological polar surface area (TPSA) is 72.6 Å². The van der Waals surface area contributed by atoms with Crippen LogP contribution in [-0.4, -0.2) is 32.4 Å². The zero-order valence-electron chi connectivity index (χ0n) is 12.0. The van der Waals surface area contributed by atoms with E-state index in [0.717, 1.165) is 6.42 Å². The van der Waals surface area contributed by atoms with Gasteiger partial charge in [-0.25, -0.2) is 8.42 Å². The fourth-order valence-corrected chi connectivity index (χ4v) is 3.51. The van der Waals surface area contributed by atoms with Crippen molar-refractivity contribution < 1.29 is 13.2 Å². The van der Waals surface area contributed by atoms with Crippen LogP contribution in [0.4, 0.5) is 5.69 Å². The number of rotatable bonds is 8. The minimum atomic E-state index is -3.64. The van der Waals surface area contributed by atoms with E-state index in [4.69, 9.17) is 10.5 Å². The second-order valence-electron chi connectivity index (χ2n) is 4.29. The number of sulfonamides is 1. The van der Waals surface area contributed by atoms with Crippen LogP contribution < -0.4 is 10.5 Å². The van der Waals surface area contributed by atoms with Crippen LogP contribution in [0.5, 0.6) is 5.75 Å². The highest BCUT2D eigenvalue weighted by Crippen LogP contribution is 2.29. The molecule has 1 rings (SSSR count). The third-order valence-corrected chi connectivity index (χ3v) is 4.58. The molecule has 1 aromatic carbocycles. The van der Waals surface area contributed by atoms with Gasteiger partial charge in [-0.3, -0.25) is 0 Å². The van der Waals surface area contributed by atoms with Gasteiger partial charge in [-0.15, -0.1) is 6.58 Å². The summed E-state index contributed by atoms with van der Waals surface area (Å²) in [5, 5.41) is 0. The summed E-state index contributed by atoms with van der Waals surface area (Å²) in [6, 6.07) is 4.65. The summed E-state index contributed by atoms with van der Waals surface area (Å²) >= 11 is 0. The molecule has 0 aliphatic heterocycles. The summed E-state index contributed by atoms with van der Waals surface area (Å²) in [7, 11) is -3.64. The molecule has 0 saturated carbocycles. The van der Waals surface area contributed by atoms with Crippen molar-refractivity contribution in [1.82, 2.24) is 4.31 Å². The fourth-order valence-electron chi connectivity index (χ4n) is 1.84. The molecule has 1 aromatic rings. The number of nitrogens with zero attached hydrogens (tertiary/aromatic N) is 1. The first-order valence-electron chi connectivity index (χ1n) is 6.60. The van der Waals surface area contributed by atoms with Crippen molar-refractivity contribution in [2.75, 3.05) is 25.4 Å². The van der Waals surface area contributed by atoms with Gasteiger partial charge in [-0.05, 0) is 31.5 Å². The van der Waals surface area contributed by atoms with Crippen LogP contribution >= 0.6 is 0 Å². The summed E-state index contributed by atoms with van der Waals surface area (Å²) < 4.78 is 32.2. The van der Waals surface area contributed by atoms with Gasteiger partial charge in [0.15, 0.2) is 0 Å². The number of nitrogens with two attached hydrogens (primary N) is 1. The van der Waals surface area contributed by atoms with Gasteiger partial charge in [0, 0.05) is 18.8 Å². The van der Waals surface area contributed by atoms with Crippen LogP contribution in [0.25, 0.3) is 0 Å². The van der Waals surface area contributed by atoms with Crippen molar-refractivity contribution >= 4 is 15.7 Å². The van der Waals surface area contributed by atoms with Gasteiger partial charge < -0.3 is 10.5 Å². The Bertz CT molecular complexity index is 556. The molecule has 0 aliphatic carbocycles. The van der Waals surface area contributed by atoms with E-state index in [0.29, 0.717) is 24.6 Å². The standard InChI is InChI=1S/C14H22N2O3S/c1-4-9-16(10-5-2)20(17,18)14-11-12(15)7-8-13(14)19-6-3/h4,7-8,11H,1,5-6,9-10,15H2,2-3H3. The average molecular weight is 298 g/mol. The number of hydrogen-bond acceptors (Lipinski definition) is 4. The van der Waals surface area contributed by atoms with E-state index in [9.17, 15) is 8.42 Å². The van der Waals surface area contributed by atoms with Gasteiger partial charge in [0.05, 0.1) is 6.61 Å². The van der Waals surface area contributed by atoms with E-state index in [2.05, 4.69) is 6.58 Å². The Balaban J connectivity index is 3.30. The largest absolute Gasteiger partial charge is 0.492 e. The predicted octanol–water partition coefficient (Wildman–Crippen LogP) is 2.25. The summed E-state index contributed by atoms with van der Waals surface area (Å²) in [5.41, 5.74) is 6.10. The molecule has 0 saturated heterocycles. The zero-order valence-corrected chi connectivity index (χ0v) is 12.8. The Morgan fingerprint density at radius 1 is 1.40 bits per heavy atom. The number of hydrogen-bond donors (Lipinski definition) is 1. The average Bonchev–Trinajstić information content (AvgIpc) is 2.40. The molecule has 0 heterocycles. The molecule has 0 aromatic heterocycles. The Hall–Kier alpha value is -1.53. The van der Waals surface area contributed by atoms with Gasteiger partial charge in [0.2, 0.25) is 10.0 Å². The lowest BCUT2D eigenvalue weighted by atomic mass is 10.3. The molecule has 6 heteroatoms. The maximum absolute atomic E-state index is 12.7. The molecule has 112 valence electrons. The van der Waals surface area contributed by atoms with Gasteiger partial charge in [-0.1, -0.05) is 13.0 Å². The van der Waals surface area contributed by atoms with Crippen LogP contribution in [0.3, 0.4) is 0 Å². The van der Waals surface area contributed by atoms with Crippen molar-refractivity contribution in [3.8, 4) is 5.75 Å². The van der Waals surface area contributed by atoms with E-state index < -0.39 is 10.0 Å². The molecule has 0 amide bonds. The maximum Gasteiger partial charge on any atom is 0.247 e. The predicted molar refractivity (Wildman–Crippen MR) is 81.3 cm³/mol. The number of anilines is 1. The highest BCUT2D eigenvalue weighted by Gasteiger charge is 2.26. The second kappa shape index (κ2) is 7.31. The molecule has 0 radical (unpaired) electrons. The summed E-state index contributed by atoms with van der Waals surface area (Å²) in [6.45, 7) is 8.41. The number of benzene rings is 1. The third-order valence-electron chi connectivity index (χ3n) is 2.69. The maximum atomic E-state index is 12.7. The minimum Gasteiger partial charge on any atom is -0.492 e. The molecule has 20 heavy (non-hydrogen) atoms. The normalized spacial score (nSPS) is 11.6. The van der Waals surface area contributed by atoms with Gasteiger partial charge in [0.25, 0.3) is 0 Å². The van der Waals surface area contributed by atoms with E-state index in [1.54, 1.807) is 25.1 Å². The first kappa shape index (κ1) is 16.5. The van der Waals surface area contributed by atoms with Crippen molar-refractivity contribution in [1.29, 1.82) is 0 Å². The smallest absolute Gasteiger partial charge is 0.247 e. The quantitative estimate of drug-likeness (QED) is 0.590. The van der Waals surface area contributed by atoms with Crippen molar-refractivity contribution in [2.45, 2.75) is 25.2 Å². The molecule has 0 spiro atoms. The van der Waals surface area contributed by atoms with Gasteiger partial charge in [0.1, 0.15) is 10.6 Å². The second-order valence-corrected chi connectivity index (χ2v) is 6.20. The molecule has 0 unspecified atom stereocenters.